The number of anilines is 1. The van der Waals surface area contributed by atoms with Crippen molar-refractivity contribution >= 4 is 5.69 Å². The van der Waals surface area contributed by atoms with Crippen molar-refractivity contribution in [3.63, 3.8) is 0 Å². The topological polar surface area (TPSA) is 15.3 Å². The lowest BCUT2D eigenvalue weighted by atomic mass is 9.94. The Morgan fingerprint density at radius 1 is 1.39 bits per heavy atom. The van der Waals surface area contributed by atoms with Gasteiger partial charge < -0.3 is 10.2 Å². The Morgan fingerprint density at radius 2 is 2.17 bits per heavy atom. The lowest BCUT2D eigenvalue weighted by molar-refractivity contribution is 0.666. The van der Waals surface area contributed by atoms with Gasteiger partial charge in [-0.05, 0) is 57.5 Å². The molecule has 2 heteroatoms. The summed E-state index contributed by atoms with van der Waals surface area (Å²) >= 11 is 0. The van der Waals surface area contributed by atoms with Crippen LogP contribution in [0.25, 0.3) is 0 Å². The highest BCUT2D eigenvalue weighted by atomic mass is 15.2. The first-order valence-electron chi connectivity index (χ1n) is 7.18. The van der Waals surface area contributed by atoms with Gasteiger partial charge in [-0.15, -0.1) is 0 Å². The average molecular weight is 246 g/mol. The molecule has 0 radical (unpaired) electrons. The lowest BCUT2D eigenvalue weighted by Gasteiger charge is -2.24. The van der Waals surface area contributed by atoms with Crippen molar-refractivity contribution in [3.05, 3.63) is 29.3 Å². The second-order valence-electron chi connectivity index (χ2n) is 5.70. The van der Waals surface area contributed by atoms with Gasteiger partial charge in [0.05, 0.1) is 0 Å². The summed E-state index contributed by atoms with van der Waals surface area (Å²) in [6.07, 6.45) is 2.42. The number of nitrogens with zero attached hydrogens (tertiary/aromatic N) is 1. The van der Waals surface area contributed by atoms with Crippen LogP contribution in [0.2, 0.25) is 0 Å². The van der Waals surface area contributed by atoms with Crippen LogP contribution in [0.4, 0.5) is 5.69 Å². The molecule has 0 spiro atoms. The van der Waals surface area contributed by atoms with Crippen LogP contribution < -0.4 is 10.2 Å². The Labute approximate surface area is 111 Å². The van der Waals surface area contributed by atoms with Crippen LogP contribution >= 0.6 is 0 Å². The molecule has 0 saturated heterocycles. The van der Waals surface area contributed by atoms with Gasteiger partial charge in [0.25, 0.3) is 0 Å². The monoisotopic (exact) mass is 246 g/mol. The zero-order chi connectivity index (χ0) is 13.1. The molecule has 100 valence electrons. The first kappa shape index (κ1) is 13.4. The van der Waals surface area contributed by atoms with E-state index in [4.69, 9.17) is 0 Å². The predicted octanol–water partition coefficient (Wildman–Crippen LogP) is 3.17. The van der Waals surface area contributed by atoms with E-state index < -0.39 is 0 Å². The maximum absolute atomic E-state index is 3.23. The Hall–Kier alpha value is -1.02. The molecule has 2 nitrogen and oxygen atoms in total. The van der Waals surface area contributed by atoms with Crippen LogP contribution in [0.5, 0.6) is 0 Å². The van der Waals surface area contributed by atoms with Crippen LogP contribution in [0, 0.1) is 0 Å². The van der Waals surface area contributed by atoms with Gasteiger partial charge in [0.15, 0.2) is 0 Å². The van der Waals surface area contributed by atoms with E-state index in [-0.39, 0.29) is 0 Å². The zero-order valence-corrected chi connectivity index (χ0v) is 12.2. The molecule has 1 heterocycles. The molecule has 1 unspecified atom stereocenters. The summed E-state index contributed by atoms with van der Waals surface area (Å²) in [5, 5.41) is 3.23. The van der Waals surface area contributed by atoms with Crippen molar-refractivity contribution in [2.75, 3.05) is 25.0 Å². The summed E-state index contributed by atoms with van der Waals surface area (Å²) in [6.45, 7) is 9.22. The molecule has 18 heavy (non-hydrogen) atoms. The van der Waals surface area contributed by atoms with Crippen LogP contribution in [-0.2, 0) is 6.42 Å². The molecule has 0 fully saturated rings. The Kier molecular flexibility index (Phi) is 4.28. The minimum absolute atomic E-state index is 0.598. The molecule has 0 bridgehead atoms. The number of hydrogen-bond donors (Lipinski definition) is 1. The molecule has 1 N–H and O–H groups in total. The average Bonchev–Trinajstić information content (AvgIpc) is 2.68. The van der Waals surface area contributed by atoms with E-state index in [0.717, 1.165) is 6.54 Å². The normalized spacial score (nSPS) is 18.5. The smallest absolute Gasteiger partial charge is 0.0407 e. The predicted molar refractivity (Wildman–Crippen MR) is 79.6 cm³/mol. The fraction of sp³-hybridized carbons (Fsp3) is 0.625. The molecule has 0 saturated carbocycles. The quantitative estimate of drug-likeness (QED) is 0.803. The molecule has 1 aromatic carbocycles. The van der Waals surface area contributed by atoms with Crippen molar-refractivity contribution in [1.29, 1.82) is 0 Å². The molecule has 0 amide bonds. The van der Waals surface area contributed by atoms with Gasteiger partial charge in [-0.1, -0.05) is 19.1 Å². The number of aryl methyl sites for hydroxylation is 1. The highest BCUT2D eigenvalue weighted by Gasteiger charge is 2.28. The minimum atomic E-state index is 0.598. The molecule has 1 aliphatic heterocycles. The lowest BCUT2D eigenvalue weighted by Crippen LogP contribution is -2.28. The fourth-order valence-electron chi connectivity index (χ4n) is 3.07. The van der Waals surface area contributed by atoms with Crippen LogP contribution in [-0.4, -0.2) is 26.2 Å². The van der Waals surface area contributed by atoms with E-state index in [9.17, 15) is 0 Å². The largest absolute Gasteiger partial charge is 0.368 e. The minimum Gasteiger partial charge on any atom is -0.368 e. The van der Waals surface area contributed by atoms with Crippen molar-refractivity contribution in [2.24, 2.45) is 0 Å². The Morgan fingerprint density at radius 3 is 2.83 bits per heavy atom. The second-order valence-corrected chi connectivity index (χ2v) is 5.70. The van der Waals surface area contributed by atoms with E-state index in [1.54, 1.807) is 11.1 Å². The van der Waals surface area contributed by atoms with Gasteiger partial charge in [-0.25, -0.2) is 0 Å². The Bertz CT molecular complexity index is 398. The molecular formula is C16H26N2. The van der Waals surface area contributed by atoms with E-state index >= 15 is 0 Å². The van der Waals surface area contributed by atoms with Crippen molar-refractivity contribution in [2.45, 2.75) is 45.6 Å². The number of nitrogens with one attached hydrogen (secondary N) is 1. The second kappa shape index (κ2) is 5.75. The third kappa shape index (κ3) is 2.54. The van der Waals surface area contributed by atoms with Gasteiger partial charge in [0, 0.05) is 24.2 Å². The van der Waals surface area contributed by atoms with E-state index in [0.29, 0.717) is 12.0 Å². The number of fused-ring (bicyclic) bond motifs is 1. The first-order chi connectivity index (χ1) is 8.65. The maximum Gasteiger partial charge on any atom is 0.0407 e. The summed E-state index contributed by atoms with van der Waals surface area (Å²) < 4.78 is 0. The first-order valence-corrected chi connectivity index (χ1v) is 7.18. The molecule has 2 rings (SSSR count). The zero-order valence-electron chi connectivity index (χ0n) is 12.2. The van der Waals surface area contributed by atoms with Crippen molar-refractivity contribution < 1.29 is 0 Å². The SMILES string of the molecule is CNCCCc1cccc2c1C(C)CN2C(C)C. The molecule has 1 aliphatic rings. The Balaban J connectivity index is 2.24. The van der Waals surface area contributed by atoms with Gasteiger partial charge in [-0.3, -0.25) is 0 Å². The highest BCUT2D eigenvalue weighted by molar-refractivity contribution is 5.63. The molecule has 0 aliphatic carbocycles. The van der Waals surface area contributed by atoms with Gasteiger partial charge in [0.2, 0.25) is 0 Å². The molecule has 0 aromatic heterocycles. The highest BCUT2D eigenvalue weighted by Crippen LogP contribution is 2.39. The van der Waals surface area contributed by atoms with Gasteiger partial charge in [0.1, 0.15) is 0 Å². The summed E-state index contributed by atoms with van der Waals surface area (Å²) in [4.78, 5) is 2.54. The van der Waals surface area contributed by atoms with E-state index in [1.807, 2.05) is 7.05 Å². The van der Waals surface area contributed by atoms with Gasteiger partial charge in [-0.2, -0.15) is 0 Å². The summed E-state index contributed by atoms with van der Waals surface area (Å²) in [5.74, 6) is 0.674. The summed E-state index contributed by atoms with van der Waals surface area (Å²) in [5.41, 5.74) is 4.63. The fourth-order valence-corrected chi connectivity index (χ4v) is 3.07. The van der Waals surface area contributed by atoms with Crippen LogP contribution in [0.1, 0.15) is 44.2 Å². The summed E-state index contributed by atoms with van der Waals surface area (Å²) in [6, 6.07) is 7.43. The van der Waals surface area contributed by atoms with Crippen LogP contribution in [0.3, 0.4) is 0 Å². The number of hydrogen-bond acceptors (Lipinski definition) is 2. The van der Waals surface area contributed by atoms with Gasteiger partial charge >= 0.3 is 0 Å². The van der Waals surface area contributed by atoms with Crippen molar-refractivity contribution in [1.82, 2.24) is 5.32 Å². The van der Waals surface area contributed by atoms with Crippen LogP contribution in [0.15, 0.2) is 18.2 Å². The maximum atomic E-state index is 3.23. The van der Waals surface area contributed by atoms with E-state index in [2.05, 4.69) is 49.2 Å². The molecule has 1 aromatic rings. The number of benzene rings is 1. The number of rotatable bonds is 5. The third-order valence-electron chi connectivity index (χ3n) is 3.94. The molecular weight excluding hydrogens is 220 g/mol. The third-order valence-corrected chi connectivity index (χ3v) is 3.94. The molecule has 1 atom stereocenters. The standard InChI is InChI=1S/C16H26N2/c1-12(2)18-11-13(3)16-14(8-6-10-17-4)7-5-9-15(16)18/h5,7,9,12-13,17H,6,8,10-11H2,1-4H3. The van der Waals surface area contributed by atoms with E-state index in [1.165, 1.54) is 25.1 Å². The summed E-state index contributed by atoms with van der Waals surface area (Å²) in [7, 11) is 2.03. The van der Waals surface area contributed by atoms with Crippen molar-refractivity contribution in [3.8, 4) is 0 Å².